The summed E-state index contributed by atoms with van der Waals surface area (Å²) in [4.78, 5) is 51.9. The number of carboxylic acid groups (broad SMARTS) is 1. The summed E-state index contributed by atoms with van der Waals surface area (Å²) < 4.78 is 10.4. The molecule has 3 fully saturated rings. The number of esters is 1. The van der Waals surface area contributed by atoms with Crippen molar-refractivity contribution < 1.29 is 54.2 Å². The van der Waals surface area contributed by atoms with Gasteiger partial charge in [-0.25, -0.2) is 9.59 Å². The minimum Gasteiger partial charge on any atom is -0.508 e. The van der Waals surface area contributed by atoms with Crippen molar-refractivity contribution in [2.45, 2.75) is 63.1 Å². The van der Waals surface area contributed by atoms with Crippen molar-refractivity contribution in [1.82, 2.24) is 0 Å². The maximum absolute atomic E-state index is 13.7. The van der Waals surface area contributed by atoms with Crippen molar-refractivity contribution in [2.24, 2.45) is 11.3 Å². The first kappa shape index (κ1) is 27.5. The molecule has 4 rings (SSSR count). The summed E-state index contributed by atoms with van der Waals surface area (Å²) in [5.41, 5.74) is -7.77. The highest BCUT2D eigenvalue weighted by molar-refractivity contribution is 6.24. The maximum atomic E-state index is 13.7. The zero-order valence-electron chi connectivity index (χ0n) is 20.3. The van der Waals surface area contributed by atoms with Gasteiger partial charge in [0.2, 0.25) is 0 Å². The minimum atomic E-state index is -2.61. The van der Waals surface area contributed by atoms with Crippen LogP contribution in [0.3, 0.4) is 0 Å². The quantitative estimate of drug-likeness (QED) is 0.110. The summed E-state index contributed by atoms with van der Waals surface area (Å²) in [7, 11) is 1.10. The number of methoxy groups -OCH3 is 1. The van der Waals surface area contributed by atoms with Crippen molar-refractivity contribution in [1.29, 1.82) is 0 Å². The van der Waals surface area contributed by atoms with Gasteiger partial charge in [0.1, 0.15) is 29.0 Å². The molecule has 0 aromatic heterocycles. The Bertz CT molecular complexity index is 1110. The van der Waals surface area contributed by atoms with Crippen molar-refractivity contribution in [2.75, 3.05) is 7.11 Å². The van der Waals surface area contributed by atoms with Crippen LogP contribution in [0.15, 0.2) is 47.3 Å². The smallest absolute Gasteiger partial charge is 0.337 e. The Kier molecular flexibility index (Phi) is 7.17. The molecule has 5 N–H and O–H groups in total. The van der Waals surface area contributed by atoms with E-state index >= 15 is 0 Å². The summed E-state index contributed by atoms with van der Waals surface area (Å²) in [5.74, 6) is -6.76. The van der Waals surface area contributed by atoms with Crippen LogP contribution in [0.25, 0.3) is 0 Å². The zero-order chi connectivity index (χ0) is 27.2. The van der Waals surface area contributed by atoms with Crippen LogP contribution in [0.2, 0.25) is 0 Å². The van der Waals surface area contributed by atoms with Gasteiger partial charge in [0.05, 0.1) is 13.2 Å². The molecule has 2 bridgehead atoms. The van der Waals surface area contributed by atoms with Gasteiger partial charge in [-0.2, -0.15) is 0 Å². The largest absolute Gasteiger partial charge is 0.508 e. The van der Waals surface area contributed by atoms with Gasteiger partial charge in [0.25, 0.3) is 0 Å². The van der Waals surface area contributed by atoms with E-state index in [4.69, 9.17) is 4.74 Å². The van der Waals surface area contributed by atoms with E-state index in [1.807, 2.05) is 0 Å². The molecule has 3 saturated carbocycles. The summed E-state index contributed by atoms with van der Waals surface area (Å²) in [6, 6.07) is 0. The molecule has 11 heteroatoms. The SMILES string of the molecule is C/C=C/C=C/C(O)=C1/C(=O)C2(C)C(=O)C(C)(O)C1CC2(OC1C=C(C(=O)OC)CC(O)C1O)C(=O)O. The standard InChI is InChI=1S/C25H30O11/c1-5-6-7-8-14(26)17-13-11-25(22(32)33,23(2,19(17)29)21(31)24(13,3)34)36-16-10-12(20(30)35-4)9-15(27)18(16)28/h5-8,10,13,15-16,18,26-28,34H,9,11H2,1-4H3,(H,32,33)/b6-5+,8-7+,17-14-. The number of ether oxygens (including phenoxy) is 2. The molecule has 0 aromatic carbocycles. The lowest BCUT2D eigenvalue weighted by molar-refractivity contribution is -0.238. The van der Waals surface area contributed by atoms with Gasteiger partial charge >= 0.3 is 11.9 Å². The first-order chi connectivity index (χ1) is 16.7. The highest BCUT2D eigenvalue weighted by Crippen LogP contribution is 2.60. The third kappa shape index (κ3) is 3.83. The summed E-state index contributed by atoms with van der Waals surface area (Å²) in [5, 5.41) is 52.8. The second kappa shape index (κ2) is 9.40. The number of ketones is 2. The number of aliphatic hydroxyl groups is 4. The van der Waals surface area contributed by atoms with Crippen LogP contribution < -0.4 is 0 Å². The molecular formula is C25H30O11. The highest BCUT2D eigenvalue weighted by Gasteiger charge is 2.78. The molecule has 196 valence electrons. The molecule has 0 spiro atoms. The van der Waals surface area contributed by atoms with Gasteiger partial charge in [-0.15, -0.1) is 0 Å². The van der Waals surface area contributed by atoms with Gasteiger partial charge < -0.3 is 35.0 Å². The fourth-order valence-corrected chi connectivity index (χ4v) is 5.34. The Morgan fingerprint density at radius 2 is 1.78 bits per heavy atom. The Hall–Kier alpha value is -3.12. The van der Waals surface area contributed by atoms with E-state index in [1.54, 1.807) is 19.1 Å². The minimum absolute atomic E-state index is 0.0936. The number of rotatable bonds is 6. The Balaban J connectivity index is 2.20. The van der Waals surface area contributed by atoms with Gasteiger partial charge in [-0.3, -0.25) is 9.59 Å². The lowest BCUT2D eigenvalue weighted by Gasteiger charge is -2.59. The highest BCUT2D eigenvalue weighted by atomic mass is 16.6. The predicted molar refractivity (Wildman–Crippen MR) is 122 cm³/mol. The van der Waals surface area contributed by atoms with Crippen LogP contribution in [-0.2, 0) is 28.7 Å². The van der Waals surface area contributed by atoms with Crippen molar-refractivity contribution >= 4 is 23.5 Å². The first-order valence-corrected chi connectivity index (χ1v) is 11.3. The number of allylic oxidation sites excluding steroid dienone is 4. The number of hydrogen-bond donors (Lipinski definition) is 5. The molecule has 0 saturated heterocycles. The number of carboxylic acids is 1. The van der Waals surface area contributed by atoms with Gasteiger partial charge in [0.15, 0.2) is 17.2 Å². The molecule has 0 amide bonds. The van der Waals surface area contributed by atoms with Crippen molar-refractivity contribution in [3.63, 3.8) is 0 Å². The van der Waals surface area contributed by atoms with Gasteiger partial charge in [-0.05, 0) is 39.3 Å². The molecule has 4 aliphatic carbocycles. The van der Waals surface area contributed by atoms with E-state index in [-0.39, 0.29) is 17.6 Å². The maximum Gasteiger partial charge on any atom is 0.337 e. The van der Waals surface area contributed by atoms with Crippen LogP contribution in [0.1, 0.15) is 33.6 Å². The van der Waals surface area contributed by atoms with Crippen molar-refractivity contribution in [3.8, 4) is 0 Å². The summed E-state index contributed by atoms with van der Waals surface area (Å²) in [6.07, 6.45) is 1.17. The molecule has 11 nitrogen and oxygen atoms in total. The average molecular weight is 507 g/mol. The number of fused-ring (bicyclic) bond motifs is 3. The summed E-state index contributed by atoms with van der Waals surface area (Å²) >= 11 is 0. The van der Waals surface area contributed by atoms with E-state index in [1.165, 1.54) is 12.2 Å². The topological polar surface area (TPSA) is 188 Å². The second-order valence-electron chi connectivity index (χ2n) is 9.53. The average Bonchev–Trinajstić information content (AvgIpc) is 2.82. The predicted octanol–water partition coefficient (Wildman–Crippen LogP) is 0.293. The van der Waals surface area contributed by atoms with Crippen LogP contribution in [-0.4, -0.2) is 85.7 Å². The third-order valence-electron chi connectivity index (χ3n) is 7.43. The normalized spacial score (nSPS) is 40.0. The van der Waals surface area contributed by atoms with Crippen LogP contribution in [0.5, 0.6) is 0 Å². The number of carbonyl (C=O) groups is 4. The van der Waals surface area contributed by atoms with Gasteiger partial charge in [-0.1, -0.05) is 18.2 Å². The Labute approximate surface area is 207 Å². The van der Waals surface area contributed by atoms with E-state index in [0.717, 1.165) is 27.0 Å². The lowest BCUT2D eigenvalue weighted by Crippen LogP contribution is -2.77. The number of aliphatic hydroxyl groups excluding tert-OH is 3. The van der Waals surface area contributed by atoms with E-state index in [9.17, 15) is 44.7 Å². The fraction of sp³-hybridized carbons (Fsp3) is 0.520. The number of aliphatic carboxylic acids is 1. The number of hydrogen-bond acceptors (Lipinski definition) is 10. The molecule has 36 heavy (non-hydrogen) atoms. The van der Waals surface area contributed by atoms with Crippen LogP contribution >= 0.6 is 0 Å². The van der Waals surface area contributed by atoms with E-state index in [0.29, 0.717) is 0 Å². The first-order valence-electron chi connectivity index (χ1n) is 11.3. The van der Waals surface area contributed by atoms with Gasteiger partial charge in [0, 0.05) is 23.5 Å². The van der Waals surface area contributed by atoms with E-state index < -0.39 is 76.5 Å². The molecular weight excluding hydrogens is 476 g/mol. The molecule has 7 unspecified atom stereocenters. The molecule has 0 aromatic rings. The van der Waals surface area contributed by atoms with Crippen LogP contribution in [0, 0.1) is 11.3 Å². The molecule has 0 heterocycles. The molecule has 4 aliphatic rings. The zero-order valence-corrected chi connectivity index (χ0v) is 20.3. The van der Waals surface area contributed by atoms with E-state index in [2.05, 4.69) is 4.74 Å². The molecule has 7 atom stereocenters. The Morgan fingerprint density at radius 1 is 1.14 bits per heavy atom. The monoisotopic (exact) mass is 506 g/mol. The number of carbonyl (C=O) groups excluding carboxylic acids is 3. The second-order valence-corrected chi connectivity index (χ2v) is 9.53. The third-order valence-corrected chi connectivity index (χ3v) is 7.43. The fourth-order valence-electron chi connectivity index (χ4n) is 5.34. The number of Topliss-reactive ketones (excluding diaryl/α,β-unsaturated/α-hetero) is 2. The Morgan fingerprint density at radius 3 is 2.33 bits per heavy atom. The molecule has 0 aliphatic heterocycles. The lowest BCUT2D eigenvalue weighted by atomic mass is 9.45. The summed E-state index contributed by atoms with van der Waals surface area (Å²) in [6.45, 7) is 3.87. The van der Waals surface area contributed by atoms with Crippen molar-refractivity contribution in [3.05, 3.63) is 47.3 Å². The van der Waals surface area contributed by atoms with Crippen LogP contribution in [0.4, 0.5) is 0 Å². The molecule has 0 radical (unpaired) electrons.